The first-order valence-corrected chi connectivity index (χ1v) is 7.37. The van der Waals surface area contributed by atoms with Crippen molar-refractivity contribution < 1.29 is 27.0 Å². The van der Waals surface area contributed by atoms with Crippen LogP contribution in [0.4, 0.5) is 9.57 Å². The Labute approximate surface area is 115 Å². The molecule has 108 valence electrons. The molecule has 6 nitrogen and oxygen atoms in total. The normalized spacial score (nSPS) is 19.4. The number of carboxylic acid groups (broad SMARTS) is 1. The van der Waals surface area contributed by atoms with Gasteiger partial charge in [0.2, 0.25) is 5.91 Å². The van der Waals surface area contributed by atoms with Crippen molar-refractivity contribution in [1.29, 1.82) is 0 Å². The molecule has 1 heterocycles. The molecular weight excluding hydrogens is 289 g/mol. The molecule has 8 heteroatoms. The number of hydrogen-bond donors (Lipinski definition) is 1. The number of rotatable bonds is 4. The van der Waals surface area contributed by atoms with Crippen molar-refractivity contribution in [3.05, 3.63) is 29.8 Å². The van der Waals surface area contributed by atoms with Crippen molar-refractivity contribution in [2.24, 2.45) is 5.92 Å². The van der Waals surface area contributed by atoms with Crippen LogP contribution in [0, 0.1) is 5.92 Å². The molecule has 1 saturated heterocycles. The van der Waals surface area contributed by atoms with Crippen LogP contribution in [0.2, 0.25) is 0 Å². The molecule has 0 bridgehead atoms. The third-order valence-electron chi connectivity index (χ3n) is 3.04. The van der Waals surface area contributed by atoms with E-state index in [1.165, 1.54) is 23.1 Å². The Balaban J connectivity index is 2.20. The Morgan fingerprint density at radius 3 is 2.75 bits per heavy atom. The summed E-state index contributed by atoms with van der Waals surface area (Å²) in [4.78, 5) is 24.0. The number of halogens is 1. The molecule has 1 aliphatic heterocycles. The van der Waals surface area contributed by atoms with Crippen molar-refractivity contribution in [2.75, 3.05) is 17.2 Å². The maximum absolute atomic E-state index is 12.6. The van der Waals surface area contributed by atoms with Gasteiger partial charge >= 0.3 is 16.2 Å². The number of carboxylic acids is 1. The maximum atomic E-state index is 12.6. The SMILES string of the molecule is O=C(O)c1cccc(N2CC(CS(=O)(=O)F)CC2=O)c1. The highest BCUT2D eigenvalue weighted by Crippen LogP contribution is 2.26. The van der Waals surface area contributed by atoms with Crippen molar-refractivity contribution >= 4 is 27.8 Å². The van der Waals surface area contributed by atoms with E-state index in [0.717, 1.165) is 0 Å². The van der Waals surface area contributed by atoms with Crippen LogP contribution in [0.25, 0.3) is 0 Å². The van der Waals surface area contributed by atoms with Crippen LogP contribution in [-0.4, -0.2) is 37.7 Å². The van der Waals surface area contributed by atoms with Gasteiger partial charge in [-0.3, -0.25) is 4.79 Å². The Morgan fingerprint density at radius 1 is 1.45 bits per heavy atom. The van der Waals surface area contributed by atoms with E-state index in [1.807, 2.05) is 0 Å². The number of nitrogens with zero attached hydrogens (tertiary/aromatic N) is 1. The second-order valence-electron chi connectivity index (χ2n) is 4.64. The van der Waals surface area contributed by atoms with Gasteiger partial charge in [0.05, 0.1) is 11.3 Å². The molecule has 20 heavy (non-hydrogen) atoms. The summed E-state index contributed by atoms with van der Waals surface area (Å²) in [5.74, 6) is -2.79. The number of carbonyl (C=O) groups is 2. The van der Waals surface area contributed by atoms with E-state index in [-0.39, 0.29) is 24.4 Å². The standard InChI is InChI=1S/C12H12FNO5S/c13-20(18,19)7-8-4-11(15)14(6-8)10-3-1-2-9(5-10)12(16)17/h1-3,5,8H,4,6-7H2,(H,16,17). The second kappa shape index (κ2) is 5.20. The maximum Gasteiger partial charge on any atom is 0.335 e. The van der Waals surface area contributed by atoms with E-state index in [0.29, 0.717) is 5.69 Å². The van der Waals surface area contributed by atoms with Crippen LogP contribution in [-0.2, 0) is 15.0 Å². The summed E-state index contributed by atoms with van der Waals surface area (Å²) in [5, 5.41) is 8.89. The average Bonchev–Trinajstić information content (AvgIpc) is 2.68. The topological polar surface area (TPSA) is 91.8 Å². The molecule has 1 aromatic rings. The lowest BCUT2D eigenvalue weighted by Crippen LogP contribution is -2.25. The monoisotopic (exact) mass is 301 g/mol. The van der Waals surface area contributed by atoms with Gasteiger partial charge in [-0.05, 0) is 18.2 Å². The van der Waals surface area contributed by atoms with Gasteiger partial charge in [-0.25, -0.2) is 4.79 Å². The number of hydrogen-bond acceptors (Lipinski definition) is 4. The number of amides is 1. The average molecular weight is 301 g/mol. The molecule has 1 aromatic carbocycles. The summed E-state index contributed by atoms with van der Waals surface area (Å²) in [6, 6.07) is 5.75. The fourth-order valence-corrected chi connectivity index (χ4v) is 3.02. The Hall–Kier alpha value is -1.96. The zero-order valence-electron chi connectivity index (χ0n) is 10.3. The van der Waals surface area contributed by atoms with E-state index in [9.17, 15) is 21.9 Å². The summed E-state index contributed by atoms with van der Waals surface area (Å²) in [5.41, 5.74) is 0.394. The van der Waals surface area contributed by atoms with E-state index < -0.39 is 27.9 Å². The molecule has 1 unspecified atom stereocenters. The van der Waals surface area contributed by atoms with Crippen LogP contribution >= 0.6 is 0 Å². The van der Waals surface area contributed by atoms with Crippen molar-refractivity contribution in [3.8, 4) is 0 Å². The molecule has 1 aliphatic rings. The highest BCUT2D eigenvalue weighted by atomic mass is 32.3. The van der Waals surface area contributed by atoms with Gasteiger partial charge in [0.1, 0.15) is 0 Å². The first-order valence-electron chi connectivity index (χ1n) is 5.82. The molecule has 2 rings (SSSR count). The van der Waals surface area contributed by atoms with Crippen molar-refractivity contribution in [2.45, 2.75) is 6.42 Å². The zero-order chi connectivity index (χ0) is 14.9. The molecule has 1 N–H and O–H groups in total. The molecule has 0 spiro atoms. The lowest BCUT2D eigenvalue weighted by Gasteiger charge is -2.16. The second-order valence-corrected chi connectivity index (χ2v) is 6.05. The molecule has 0 saturated carbocycles. The molecule has 0 radical (unpaired) electrons. The first-order chi connectivity index (χ1) is 9.26. The van der Waals surface area contributed by atoms with Gasteiger partial charge in [-0.2, -0.15) is 8.42 Å². The molecule has 0 aliphatic carbocycles. The summed E-state index contributed by atoms with van der Waals surface area (Å²) in [7, 11) is -4.63. The minimum absolute atomic E-state index is 0.0249. The van der Waals surface area contributed by atoms with Crippen LogP contribution in [0.1, 0.15) is 16.8 Å². The predicted molar refractivity (Wildman–Crippen MR) is 68.8 cm³/mol. The van der Waals surface area contributed by atoms with E-state index in [2.05, 4.69) is 0 Å². The number of carbonyl (C=O) groups excluding carboxylic acids is 1. The fraction of sp³-hybridized carbons (Fsp3) is 0.333. The van der Waals surface area contributed by atoms with Gasteiger partial charge in [-0.15, -0.1) is 3.89 Å². The Kier molecular flexibility index (Phi) is 3.76. The number of benzene rings is 1. The molecule has 0 aromatic heterocycles. The van der Waals surface area contributed by atoms with Crippen molar-refractivity contribution in [1.82, 2.24) is 0 Å². The summed E-state index contributed by atoms with van der Waals surface area (Å²) in [6.45, 7) is 0.0606. The first kappa shape index (κ1) is 14.4. The van der Waals surface area contributed by atoms with Crippen LogP contribution in [0.15, 0.2) is 24.3 Å². The van der Waals surface area contributed by atoms with Crippen LogP contribution in [0.3, 0.4) is 0 Å². The molecule has 1 fully saturated rings. The lowest BCUT2D eigenvalue weighted by molar-refractivity contribution is -0.117. The van der Waals surface area contributed by atoms with Gasteiger partial charge in [-0.1, -0.05) is 6.07 Å². The number of anilines is 1. The predicted octanol–water partition coefficient (Wildman–Crippen LogP) is 1.04. The summed E-state index contributed by atoms with van der Waals surface area (Å²) < 4.78 is 33.8. The minimum Gasteiger partial charge on any atom is -0.478 e. The number of aromatic carboxylic acids is 1. The lowest BCUT2D eigenvalue weighted by atomic mass is 10.1. The quantitative estimate of drug-likeness (QED) is 0.839. The fourth-order valence-electron chi connectivity index (χ4n) is 2.23. The van der Waals surface area contributed by atoms with Gasteiger partial charge in [0.25, 0.3) is 0 Å². The van der Waals surface area contributed by atoms with Gasteiger partial charge in [0.15, 0.2) is 0 Å². The highest BCUT2D eigenvalue weighted by Gasteiger charge is 2.33. The Bertz CT molecular complexity index is 658. The van der Waals surface area contributed by atoms with E-state index >= 15 is 0 Å². The largest absolute Gasteiger partial charge is 0.478 e. The zero-order valence-corrected chi connectivity index (χ0v) is 11.1. The smallest absolute Gasteiger partial charge is 0.335 e. The van der Waals surface area contributed by atoms with Crippen LogP contribution in [0.5, 0.6) is 0 Å². The molecular formula is C12H12FNO5S. The van der Waals surface area contributed by atoms with Crippen LogP contribution < -0.4 is 4.90 Å². The van der Waals surface area contributed by atoms with E-state index in [1.54, 1.807) is 6.07 Å². The van der Waals surface area contributed by atoms with E-state index in [4.69, 9.17) is 5.11 Å². The van der Waals surface area contributed by atoms with Gasteiger partial charge < -0.3 is 10.0 Å². The third kappa shape index (κ3) is 3.32. The minimum atomic E-state index is -4.63. The van der Waals surface area contributed by atoms with Crippen molar-refractivity contribution in [3.63, 3.8) is 0 Å². The third-order valence-corrected chi connectivity index (χ3v) is 3.91. The van der Waals surface area contributed by atoms with Gasteiger partial charge in [0, 0.05) is 24.6 Å². The summed E-state index contributed by atoms with van der Waals surface area (Å²) >= 11 is 0. The highest BCUT2D eigenvalue weighted by molar-refractivity contribution is 7.86. The molecule has 1 amide bonds. The molecule has 1 atom stereocenters. The Morgan fingerprint density at radius 2 is 2.15 bits per heavy atom. The summed E-state index contributed by atoms with van der Waals surface area (Å²) in [6.07, 6.45) is -0.0690.